The van der Waals surface area contributed by atoms with Crippen molar-refractivity contribution in [2.24, 2.45) is 0 Å². The highest BCUT2D eigenvalue weighted by atomic mass is 79.9. The molecule has 0 saturated heterocycles. The molecule has 0 aliphatic rings. The van der Waals surface area contributed by atoms with Gasteiger partial charge in [-0.2, -0.15) is 0 Å². The first-order valence-electron chi connectivity index (χ1n) is 4.02. The van der Waals surface area contributed by atoms with E-state index in [9.17, 15) is 8.42 Å². The van der Waals surface area contributed by atoms with Crippen molar-refractivity contribution in [3.63, 3.8) is 0 Å². The van der Waals surface area contributed by atoms with Crippen LogP contribution in [-0.2, 0) is 10.0 Å². The van der Waals surface area contributed by atoms with E-state index in [4.69, 9.17) is 11.6 Å². The quantitative estimate of drug-likeness (QED) is 0.880. The molecule has 0 heterocycles. The maximum absolute atomic E-state index is 11.8. The Balaban J connectivity index is 3.38. The molecule has 0 fully saturated rings. The lowest BCUT2D eigenvalue weighted by atomic mass is 10.4. The summed E-state index contributed by atoms with van der Waals surface area (Å²) >= 11 is 12.1. The van der Waals surface area contributed by atoms with Gasteiger partial charge in [0.05, 0.1) is 0 Å². The molecule has 0 radical (unpaired) electrons. The lowest BCUT2D eigenvalue weighted by molar-refractivity contribution is 0.583. The predicted octanol–water partition coefficient (Wildman–Crippen LogP) is 3.16. The van der Waals surface area contributed by atoms with Crippen molar-refractivity contribution in [3.05, 3.63) is 26.1 Å². The number of hydrogen-bond donors (Lipinski definition) is 1. The van der Waals surface area contributed by atoms with Crippen LogP contribution >= 0.6 is 43.5 Å². The normalized spacial score (nSPS) is 11.7. The maximum Gasteiger partial charge on any atom is 0.242 e. The molecule has 15 heavy (non-hydrogen) atoms. The maximum atomic E-state index is 11.8. The van der Waals surface area contributed by atoms with Crippen LogP contribution in [-0.4, -0.2) is 15.0 Å². The SMILES string of the molecule is CCNS(=O)(=O)c1c(Br)cc(Cl)cc1Br. The van der Waals surface area contributed by atoms with Crippen LogP contribution in [0.2, 0.25) is 5.02 Å². The number of benzene rings is 1. The zero-order valence-electron chi connectivity index (χ0n) is 7.72. The zero-order valence-corrected chi connectivity index (χ0v) is 12.5. The van der Waals surface area contributed by atoms with Crippen LogP contribution in [0.5, 0.6) is 0 Å². The Morgan fingerprint density at radius 3 is 2.20 bits per heavy atom. The van der Waals surface area contributed by atoms with Crippen molar-refractivity contribution < 1.29 is 8.42 Å². The second-order valence-corrected chi connectivity index (χ2v) is 6.55. The Morgan fingerprint density at radius 2 is 1.80 bits per heavy atom. The van der Waals surface area contributed by atoms with E-state index in [-0.39, 0.29) is 4.90 Å². The van der Waals surface area contributed by atoms with Gasteiger partial charge in [-0.1, -0.05) is 18.5 Å². The van der Waals surface area contributed by atoms with E-state index in [1.54, 1.807) is 6.92 Å². The van der Waals surface area contributed by atoms with Crippen LogP contribution in [0.15, 0.2) is 26.0 Å². The predicted molar refractivity (Wildman–Crippen MR) is 67.7 cm³/mol. The molecular formula is C8H8Br2ClNO2S. The first kappa shape index (κ1) is 13.4. The molecule has 0 spiro atoms. The number of sulfonamides is 1. The van der Waals surface area contributed by atoms with Gasteiger partial charge >= 0.3 is 0 Å². The van der Waals surface area contributed by atoms with Crippen LogP contribution in [0.1, 0.15) is 6.92 Å². The number of rotatable bonds is 3. The minimum Gasteiger partial charge on any atom is -0.211 e. The molecule has 0 amide bonds. The monoisotopic (exact) mass is 375 g/mol. The Bertz CT molecular complexity index is 453. The van der Waals surface area contributed by atoms with Gasteiger partial charge < -0.3 is 0 Å². The Hall–Kier alpha value is 0.380. The highest BCUT2D eigenvalue weighted by molar-refractivity contribution is 9.11. The van der Waals surface area contributed by atoms with Gasteiger partial charge in [0.15, 0.2) is 0 Å². The van der Waals surface area contributed by atoms with Crippen molar-refractivity contribution in [2.75, 3.05) is 6.54 Å². The average Bonchev–Trinajstić information content (AvgIpc) is 1.99. The van der Waals surface area contributed by atoms with Crippen molar-refractivity contribution in [2.45, 2.75) is 11.8 Å². The number of halogens is 3. The third kappa shape index (κ3) is 3.17. The summed E-state index contributed by atoms with van der Waals surface area (Å²) in [7, 11) is -3.49. The van der Waals surface area contributed by atoms with Crippen molar-refractivity contribution >= 4 is 53.5 Å². The molecule has 7 heteroatoms. The molecule has 0 unspecified atom stereocenters. The van der Waals surface area contributed by atoms with Crippen LogP contribution < -0.4 is 4.72 Å². The molecule has 84 valence electrons. The minimum absolute atomic E-state index is 0.161. The van der Waals surface area contributed by atoms with Crippen LogP contribution in [0.25, 0.3) is 0 Å². The fraction of sp³-hybridized carbons (Fsp3) is 0.250. The second-order valence-electron chi connectivity index (χ2n) is 2.70. The summed E-state index contributed by atoms with van der Waals surface area (Å²) < 4.78 is 26.8. The number of hydrogen-bond acceptors (Lipinski definition) is 2. The third-order valence-electron chi connectivity index (χ3n) is 1.57. The second kappa shape index (κ2) is 5.14. The van der Waals surface area contributed by atoms with E-state index in [1.807, 2.05) is 0 Å². The largest absolute Gasteiger partial charge is 0.242 e. The van der Waals surface area contributed by atoms with Crippen molar-refractivity contribution in [1.29, 1.82) is 0 Å². The summed E-state index contributed by atoms with van der Waals surface area (Å²) in [6.07, 6.45) is 0. The van der Waals surface area contributed by atoms with Crippen LogP contribution in [0.3, 0.4) is 0 Å². The fourth-order valence-corrected chi connectivity index (χ4v) is 5.15. The van der Waals surface area contributed by atoms with E-state index < -0.39 is 10.0 Å². The van der Waals surface area contributed by atoms with E-state index in [2.05, 4.69) is 36.6 Å². The molecule has 0 bridgehead atoms. The molecular weight excluding hydrogens is 369 g/mol. The summed E-state index contributed by atoms with van der Waals surface area (Å²) in [6, 6.07) is 3.08. The van der Waals surface area contributed by atoms with Crippen molar-refractivity contribution in [1.82, 2.24) is 4.72 Å². The topological polar surface area (TPSA) is 46.2 Å². The molecule has 1 aromatic carbocycles. The van der Waals surface area contributed by atoms with Gasteiger partial charge in [-0.3, -0.25) is 0 Å². The zero-order chi connectivity index (χ0) is 11.6. The summed E-state index contributed by atoms with van der Waals surface area (Å²) in [5, 5.41) is 0.462. The summed E-state index contributed by atoms with van der Waals surface area (Å²) in [4.78, 5) is 0.161. The molecule has 1 rings (SSSR count). The molecule has 0 atom stereocenters. The summed E-state index contributed by atoms with van der Waals surface area (Å²) in [5.74, 6) is 0. The van der Waals surface area contributed by atoms with E-state index >= 15 is 0 Å². The van der Waals surface area contributed by atoms with Gasteiger partial charge in [-0.15, -0.1) is 0 Å². The highest BCUT2D eigenvalue weighted by Crippen LogP contribution is 2.32. The molecule has 1 N–H and O–H groups in total. The highest BCUT2D eigenvalue weighted by Gasteiger charge is 2.20. The molecule has 3 nitrogen and oxygen atoms in total. The third-order valence-corrected chi connectivity index (χ3v) is 5.21. The van der Waals surface area contributed by atoms with Gasteiger partial charge in [0.1, 0.15) is 4.90 Å². The first-order chi connectivity index (χ1) is 6.88. The molecule has 0 aliphatic heterocycles. The summed E-state index contributed by atoms with van der Waals surface area (Å²) in [6.45, 7) is 2.05. The molecule has 0 saturated carbocycles. The standard InChI is InChI=1S/C8H8Br2ClNO2S/c1-2-12-15(13,14)8-6(9)3-5(11)4-7(8)10/h3-4,12H,2H2,1H3. The Morgan fingerprint density at radius 1 is 1.33 bits per heavy atom. The van der Waals surface area contributed by atoms with Gasteiger partial charge in [0.25, 0.3) is 0 Å². The minimum atomic E-state index is -3.49. The Labute approximate surface area is 111 Å². The molecule has 0 aromatic heterocycles. The van der Waals surface area contributed by atoms with Gasteiger partial charge in [0, 0.05) is 20.5 Å². The Kier molecular flexibility index (Phi) is 4.61. The van der Waals surface area contributed by atoms with E-state index in [0.29, 0.717) is 20.5 Å². The molecule has 1 aromatic rings. The molecule has 0 aliphatic carbocycles. The number of nitrogens with one attached hydrogen (secondary N) is 1. The van der Waals surface area contributed by atoms with Gasteiger partial charge in [0.2, 0.25) is 10.0 Å². The van der Waals surface area contributed by atoms with Crippen LogP contribution in [0, 0.1) is 0 Å². The van der Waals surface area contributed by atoms with E-state index in [1.165, 1.54) is 12.1 Å². The smallest absolute Gasteiger partial charge is 0.211 e. The lowest BCUT2D eigenvalue weighted by Gasteiger charge is -2.09. The van der Waals surface area contributed by atoms with Gasteiger partial charge in [-0.05, 0) is 44.0 Å². The van der Waals surface area contributed by atoms with Crippen LogP contribution in [0.4, 0.5) is 0 Å². The summed E-state index contributed by atoms with van der Waals surface area (Å²) in [5.41, 5.74) is 0. The average molecular weight is 377 g/mol. The van der Waals surface area contributed by atoms with Gasteiger partial charge in [-0.25, -0.2) is 13.1 Å². The fourth-order valence-electron chi connectivity index (χ4n) is 1.05. The first-order valence-corrected chi connectivity index (χ1v) is 7.47. The van der Waals surface area contributed by atoms with E-state index in [0.717, 1.165) is 0 Å². The lowest BCUT2D eigenvalue weighted by Crippen LogP contribution is -2.23. The van der Waals surface area contributed by atoms with Crippen molar-refractivity contribution in [3.8, 4) is 0 Å².